The van der Waals surface area contributed by atoms with Crippen LogP contribution in [-0.4, -0.2) is 5.84 Å². The van der Waals surface area contributed by atoms with E-state index in [2.05, 4.69) is 0 Å². The smallest absolute Gasteiger partial charge is 0.146 e. The molecule has 0 spiro atoms. The van der Waals surface area contributed by atoms with Gasteiger partial charge in [-0.1, -0.05) is 29.3 Å². The van der Waals surface area contributed by atoms with Crippen LogP contribution in [0.15, 0.2) is 36.4 Å². The van der Waals surface area contributed by atoms with Crippen LogP contribution in [0.1, 0.15) is 16.7 Å². The van der Waals surface area contributed by atoms with Crippen molar-refractivity contribution in [2.75, 3.05) is 0 Å². The van der Waals surface area contributed by atoms with E-state index in [1.54, 1.807) is 12.1 Å². The third kappa shape index (κ3) is 3.06. The van der Waals surface area contributed by atoms with E-state index < -0.39 is 0 Å². The van der Waals surface area contributed by atoms with Crippen molar-refractivity contribution in [3.8, 4) is 11.5 Å². The fourth-order valence-electron chi connectivity index (χ4n) is 1.75. The second-order valence-electron chi connectivity index (χ2n) is 4.45. The minimum atomic E-state index is -0.0260. The average Bonchev–Trinajstić information content (AvgIpc) is 2.34. The molecule has 0 saturated heterocycles. The summed E-state index contributed by atoms with van der Waals surface area (Å²) in [6.07, 6.45) is 0. The second kappa shape index (κ2) is 5.33. The van der Waals surface area contributed by atoms with Crippen LogP contribution in [0.4, 0.5) is 0 Å². The SMILES string of the molecule is Cc1ccc(Oc2ccc(C)cc2C(=N)N)c(Cl)c1. The van der Waals surface area contributed by atoms with E-state index in [-0.39, 0.29) is 5.84 Å². The normalized spacial score (nSPS) is 10.3. The number of hydrogen-bond acceptors (Lipinski definition) is 2. The molecule has 0 unspecified atom stereocenters. The van der Waals surface area contributed by atoms with Gasteiger partial charge in [-0.05, 0) is 43.7 Å². The first-order valence-electron chi connectivity index (χ1n) is 5.86. The molecule has 2 aromatic carbocycles. The number of ether oxygens (including phenoxy) is 1. The molecule has 0 fully saturated rings. The summed E-state index contributed by atoms with van der Waals surface area (Å²) in [5.41, 5.74) is 8.22. The fraction of sp³-hybridized carbons (Fsp3) is 0.133. The quantitative estimate of drug-likeness (QED) is 0.656. The molecule has 0 aromatic heterocycles. The summed E-state index contributed by atoms with van der Waals surface area (Å²) in [4.78, 5) is 0. The zero-order valence-corrected chi connectivity index (χ0v) is 11.6. The zero-order valence-electron chi connectivity index (χ0n) is 10.8. The van der Waals surface area contributed by atoms with Crippen LogP contribution in [-0.2, 0) is 0 Å². The number of benzene rings is 2. The molecule has 19 heavy (non-hydrogen) atoms. The van der Waals surface area contributed by atoms with E-state index in [9.17, 15) is 0 Å². The number of halogens is 1. The van der Waals surface area contributed by atoms with Crippen LogP contribution in [0.2, 0.25) is 5.02 Å². The van der Waals surface area contributed by atoms with Gasteiger partial charge in [0, 0.05) is 0 Å². The largest absolute Gasteiger partial charge is 0.455 e. The molecule has 2 aromatic rings. The highest BCUT2D eigenvalue weighted by molar-refractivity contribution is 6.32. The van der Waals surface area contributed by atoms with E-state index in [0.717, 1.165) is 11.1 Å². The van der Waals surface area contributed by atoms with Gasteiger partial charge in [-0.15, -0.1) is 0 Å². The Bertz CT molecular complexity index is 638. The Balaban J connectivity index is 2.40. The molecule has 0 aliphatic carbocycles. The third-order valence-corrected chi connectivity index (χ3v) is 3.03. The highest BCUT2D eigenvalue weighted by Crippen LogP contribution is 2.32. The minimum Gasteiger partial charge on any atom is -0.455 e. The predicted molar refractivity (Wildman–Crippen MR) is 78.5 cm³/mol. The van der Waals surface area contributed by atoms with Crippen LogP contribution in [0.25, 0.3) is 0 Å². The lowest BCUT2D eigenvalue weighted by Gasteiger charge is -2.12. The van der Waals surface area contributed by atoms with E-state index in [1.807, 2.05) is 38.1 Å². The maximum Gasteiger partial charge on any atom is 0.146 e. The maximum atomic E-state index is 7.59. The van der Waals surface area contributed by atoms with Crippen molar-refractivity contribution in [2.24, 2.45) is 5.73 Å². The van der Waals surface area contributed by atoms with Gasteiger partial charge in [0.25, 0.3) is 0 Å². The van der Waals surface area contributed by atoms with Gasteiger partial charge in [0.05, 0.1) is 10.6 Å². The highest BCUT2D eigenvalue weighted by Gasteiger charge is 2.10. The Hall–Kier alpha value is -2.00. The molecule has 0 heterocycles. The van der Waals surface area contributed by atoms with Gasteiger partial charge in [-0.25, -0.2) is 0 Å². The summed E-state index contributed by atoms with van der Waals surface area (Å²) in [6.45, 7) is 3.90. The van der Waals surface area contributed by atoms with Gasteiger partial charge >= 0.3 is 0 Å². The standard InChI is InChI=1S/C15H15ClN2O/c1-9-3-5-13(11(7-9)15(17)18)19-14-6-4-10(2)8-12(14)16/h3-8H,1-2H3,(H3,17,18). The van der Waals surface area contributed by atoms with E-state index in [4.69, 9.17) is 27.5 Å². The molecular weight excluding hydrogens is 260 g/mol. The van der Waals surface area contributed by atoms with Gasteiger partial charge in [-0.2, -0.15) is 0 Å². The molecule has 0 atom stereocenters. The van der Waals surface area contributed by atoms with Crippen molar-refractivity contribution in [3.63, 3.8) is 0 Å². The molecule has 0 saturated carbocycles. The number of aryl methyl sites for hydroxylation is 2. The van der Waals surface area contributed by atoms with Gasteiger partial charge < -0.3 is 10.5 Å². The van der Waals surface area contributed by atoms with Crippen LogP contribution >= 0.6 is 11.6 Å². The monoisotopic (exact) mass is 274 g/mol. The Morgan fingerprint density at radius 3 is 2.21 bits per heavy atom. The number of hydrogen-bond donors (Lipinski definition) is 2. The molecule has 4 heteroatoms. The number of nitrogen functional groups attached to an aromatic ring is 1. The Morgan fingerprint density at radius 2 is 1.63 bits per heavy atom. The molecule has 0 aliphatic rings. The van der Waals surface area contributed by atoms with Crippen molar-refractivity contribution in [1.82, 2.24) is 0 Å². The molecule has 3 nitrogen and oxygen atoms in total. The van der Waals surface area contributed by atoms with Crippen molar-refractivity contribution in [3.05, 3.63) is 58.1 Å². The first-order valence-corrected chi connectivity index (χ1v) is 6.24. The van der Waals surface area contributed by atoms with E-state index in [0.29, 0.717) is 22.1 Å². The van der Waals surface area contributed by atoms with Crippen LogP contribution in [0, 0.1) is 19.3 Å². The molecule has 3 N–H and O–H groups in total. The average molecular weight is 275 g/mol. The second-order valence-corrected chi connectivity index (χ2v) is 4.86. The number of nitrogens with two attached hydrogens (primary N) is 1. The number of rotatable bonds is 3. The Kier molecular flexibility index (Phi) is 3.76. The summed E-state index contributed by atoms with van der Waals surface area (Å²) in [7, 11) is 0. The molecule has 98 valence electrons. The molecule has 0 aliphatic heterocycles. The van der Waals surface area contributed by atoms with Crippen LogP contribution < -0.4 is 10.5 Å². The van der Waals surface area contributed by atoms with Crippen LogP contribution in [0.5, 0.6) is 11.5 Å². The van der Waals surface area contributed by atoms with E-state index in [1.165, 1.54) is 0 Å². The Labute approximate surface area is 117 Å². The van der Waals surface area contributed by atoms with E-state index >= 15 is 0 Å². The third-order valence-electron chi connectivity index (χ3n) is 2.73. The molecular formula is C15H15ClN2O. The minimum absolute atomic E-state index is 0.0260. The summed E-state index contributed by atoms with van der Waals surface area (Å²) >= 11 is 6.13. The lowest BCUT2D eigenvalue weighted by Crippen LogP contribution is -2.12. The summed E-state index contributed by atoms with van der Waals surface area (Å²) in [5, 5.41) is 8.13. The van der Waals surface area contributed by atoms with Crippen molar-refractivity contribution in [1.29, 1.82) is 5.41 Å². The summed E-state index contributed by atoms with van der Waals surface area (Å²) < 4.78 is 5.76. The predicted octanol–water partition coefficient (Wildman–Crippen LogP) is 4.03. The first-order chi connectivity index (χ1) is 8.97. The lowest BCUT2D eigenvalue weighted by molar-refractivity contribution is 0.481. The molecule has 0 radical (unpaired) electrons. The number of nitrogens with one attached hydrogen (secondary N) is 1. The van der Waals surface area contributed by atoms with Crippen molar-refractivity contribution >= 4 is 17.4 Å². The fourth-order valence-corrected chi connectivity index (χ4v) is 2.02. The first kappa shape index (κ1) is 13.4. The Morgan fingerprint density at radius 1 is 1.05 bits per heavy atom. The maximum absolute atomic E-state index is 7.59. The van der Waals surface area contributed by atoms with Gasteiger partial charge in [-0.3, -0.25) is 5.41 Å². The molecule has 0 bridgehead atoms. The summed E-state index contributed by atoms with van der Waals surface area (Å²) in [5.74, 6) is 1.06. The van der Waals surface area contributed by atoms with Gasteiger partial charge in [0.2, 0.25) is 0 Å². The van der Waals surface area contributed by atoms with Crippen molar-refractivity contribution in [2.45, 2.75) is 13.8 Å². The van der Waals surface area contributed by atoms with Gasteiger partial charge in [0.1, 0.15) is 17.3 Å². The zero-order chi connectivity index (χ0) is 14.0. The van der Waals surface area contributed by atoms with Crippen LogP contribution in [0.3, 0.4) is 0 Å². The molecule has 2 rings (SSSR count). The van der Waals surface area contributed by atoms with Gasteiger partial charge in [0.15, 0.2) is 0 Å². The lowest BCUT2D eigenvalue weighted by atomic mass is 10.1. The van der Waals surface area contributed by atoms with Crippen molar-refractivity contribution < 1.29 is 4.74 Å². The summed E-state index contributed by atoms with van der Waals surface area (Å²) in [6, 6.07) is 11.1. The highest BCUT2D eigenvalue weighted by atomic mass is 35.5. The molecule has 0 amide bonds. The topological polar surface area (TPSA) is 59.1 Å². The number of amidine groups is 1.